The van der Waals surface area contributed by atoms with Gasteiger partial charge in [0.15, 0.2) is 0 Å². The average Bonchev–Trinajstić information content (AvgIpc) is 2.62. The van der Waals surface area contributed by atoms with Gasteiger partial charge in [0.1, 0.15) is 0 Å². The van der Waals surface area contributed by atoms with Crippen LogP contribution in [0.2, 0.25) is 0 Å². The number of benzene rings is 3. The zero-order valence-corrected chi connectivity index (χ0v) is 15.1. The lowest BCUT2D eigenvalue weighted by atomic mass is 9.94. The van der Waals surface area contributed by atoms with Gasteiger partial charge in [-0.05, 0) is 51.3 Å². The molecule has 0 radical (unpaired) electrons. The first-order valence-corrected chi connectivity index (χ1v) is 8.85. The molecule has 0 unspecified atom stereocenters. The van der Waals surface area contributed by atoms with Crippen molar-refractivity contribution >= 4 is 0 Å². The molecule has 0 saturated heterocycles. The molecule has 0 spiro atoms. The first-order chi connectivity index (χ1) is 11.5. The molecule has 3 rings (SSSR count). The van der Waals surface area contributed by atoms with Gasteiger partial charge < -0.3 is 0 Å². The van der Waals surface area contributed by atoms with Crippen molar-refractivity contribution in [2.45, 2.75) is 39.5 Å². The average molecular weight is 314 g/mol. The van der Waals surface area contributed by atoms with E-state index in [0.717, 1.165) is 0 Å². The van der Waals surface area contributed by atoms with Gasteiger partial charge in [0.25, 0.3) is 0 Å². The molecule has 0 bridgehead atoms. The number of rotatable bonds is 4. The van der Waals surface area contributed by atoms with E-state index in [0.29, 0.717) is 11.8 Å². The second-order valence-corrected chi connectivity index (χ2v) is 7.14. The molecule has 0 aliphatic heterocycles. The standard InChI is InChI=1S/C24H26/c1-17(2)19-8-5-10-21(14-19)23-12-7-13-24(16-23)22-11-6-9-20(15-22)18(3)4/h5-18H,1-4H3. The van der Waals surface area contributed by atoms with Gasteiger partial charge in [0, 0.05) is 0 Å². The van der Waals surface area contributed by atoms with E-state index in [1.807, 2.05) is 0 Å². The van der Waals surface area contributed by atoms with Crippen molar-refractivity contribution in [1.82, 2.24) is 0 Å². The second-order valence-electron chi connectivity index (χ2n) is 7.14. The Bertz CT molecular complexity index is 758. The van der Waals surface area contributed by atoms with E-state index in [2.05, 4.69) is 100 Å². The number of hydrogen-bond acceptors (Lipinski definition) is 0. The van der Waals surface area contributed by atoms with Crippen molar-refractivity contribution in [3.05, 3.63) is 83.9 Å². The van der Waals surface area contributed by atoms with Gasteiger partial charge >= 0.3 is 0 Å². The molecular weight excluding hydrogens is 288 g/mol. The molecule has 0 atom stereocenters. The topological polar surface area (TPSA) is 0 Å². The summed E-state index contributed by atoms with van der Waals surface area (Å²) in [7, 11) is 0. The van der Waals surface area contributed by atoms with Crippen molar-refractivity contribution in [3.63, 3.8) is 0 Å². The van der Waals surface area contributed by atoms with Gasteiger partial charge in [-0.15, -0.1) is 0 Å². The smallest absolute Gasteiger partial charge is 0.0178 e. The van der Waals surface area contributed by atoms with Crippen LogP contribution in [-0.4, -0.2) is 0 Å². The van der Waals surface area contributed by atoms with Gasteiger partial charge in [0.2, 0.25) is 0 Å². The van der Waals surface area contributed by atoms with E-state index in [-0.39, 0.29) is 0 Å². The molecule has 24 heavy (non-hydrogen) atoms. The summed E-state index contributed by atoms with van der Waals surface area (Å²) in [5.41, 5.74) is 7.93. The first kappa shape index (κ1) is 16.5. The van der Waals surface area contributed by atoms with Crippen LogP contribution >= 0.6 is 0 Å². The summed E-state index contributed by atoms with van der Waals surface area (Å²) in [4.78, 5) is 0. The van der Waals surface area contributed by atoms with Crippen molar-refractivity contribution in [2.75, 3.05) is 0 Å². The van der Waals surface area contributed by atoms with Crippen molar-refractivity contribution in [1.29, 1.82) is 0 Å². The third-order valence-corrected chi connectivity index (χ3v) is 4.64. The summed E-state index contributed by atoms with van der Waals surface area (Å²) in [6.07, 6.45) is 0. The number of hydrogen-bond donors (Lipinski definition) is 0. The Hall–Kier alpha value is -2.34. The maximum atomic E-state index is 2.31. The molecule has 0 heterocycles. The van der Waals surface area contributed by atoms with E-state index in [1.54, 1.807) is 0 Å². The Balaban J connectivity index is 2.01. The summed E-state index contributed by atoms with van der Waals surface area (Å²) in [5.74, 6) is 1.10. The van der Waals surface area contributed by atoms with Crippen LogP contribution in [-0.2, 0) is 0 Å². The largest absolute Gasteiger partial charge is 0.0614 e. The highest BCUT2D eigenvalue weighted by molar-refractivity contribution is 5.73. The third-order valence-electron chi connectivity index (χ3n) is 4.64. The predicted octanol–water partition coefficient (Wildman–Crippen LogP) is 7.27. The van der Waals surface area contributed by atoms with E-state index in [9.17, 15) is 0 Å². The Morgan fingerprint density at radius 3 is 1.17 bits per heavy atom. The molecule has 0 nitrogen and oxygen atoms in total. The van der Waals surface area contributed by atoms with Gasteiger partial charge in [-0.2, -0.15) is 0 Å². The molecule has 0 aliphatic carbocycles. The summed E-state index contributed by atoms with van der Waals surface area (Å²) in [6, 6.07) is 26.7. The van der Waals surface area contributed by atoms with E-state index in [1.165, 1.54) is 33.4 Å². The third kappa shape index (κ3) is 3.59. The minimum absolute atomic E-state index is 0.552. The molecule has 0 saturated carbocycles. The maximum Gasteiger partial charge on any atom is -0.0178 e. The lowest BCUT2D eigenvalue weighted by Gasteiger charge is -2.11. The molecule has 0 amide bonds. The van der Waals surface area contributed by atoms with Crippen LogP contribution in [0.3, 0.4) is 0 Å². The minimum atomic E-state index is 0.552. The molecule has 3 aromatic rings. The Morgan fingerprint density at radius 2 is 0.792 bits per heavy atom. The van der Waals surface area contributed by atoms with Crippen molar-refractivity contribution < 1.29 is 0 Å². The van der Waals surface area contributed by atoms with Crippen LogP contribution in [0.5, 0.6) is 0 Å². The van der Waals surface area contributed by atoms with Crippen LogP contribution in [0.1, 0.15) is 50.7 Å². The molecule has 0 aliphatic rings. The van der Waals surface area contributed by atoms with Crippen LogP contribution in [0.15, 0.2) is 72.8 Å². The van der Waals surface area contributed by atoms with Crippen LogP contribution in [0.4, 0.5) is 0 Å². The van der Waals surface area contributed by atoms with E-state index >= 15 is 0 Å². The monoisotopic (exact) mass is 314 g/mol. The molecular formula is C24H26. The minimum Gasteiger partial charge on any atom is -0.0614 e. The zero-order valence-electron chi connectivity index (χ0n) is 15.1. The van der Waals surface area contributed by atoms with E-state index in [4.69, 9.17) is 0 Å². The van der Waals surface area contributed by atoms with Gasteiger partial charge in [-0.1, -0.05) is 94.4 Å². The molecule has 0 N–H and O–H groups in total. The molecule has 3 aromatic carbocycles. The van der Waals surface area contributed by atoms with Crippen molar-refractivity contribution in [3.8, 4) is 22.3 Å². The van der Waals surface area contributed by atoms with Crippen LogP contribution in [0.25, 0.3) is 22.3 Å². The second kappa shape index (κ2) is 7.05. The SMILES string of the molecule is CC(C)c1cccc(-c2cccc(-c3cccc(C(C)C)c3)c2)c1. The molecule has 0 fully saturated rings. The summed E-state index contributed by atoms with van der Waals surface area (Å²) in [6.45, 7) is 8.97. The maximum absolute atomic E-state index is 2.31. The van der Waals surface area contributed by atoms with Gasteiger partial charge in [-0.25, -0.2) is 0 Å². The quantitative estimate of drug-likeness (QED) is 0.475. The highest BCUT2D eigenvalue weighted by Crippen LogP contribution is 2.29. The van der Waals surface area contributed by atoms with Gasteiger partial charge in [0.05, 0.1) is 0 Å². The predicted molar refractivity (Wildman–Crippen MR) is 105 cm³/mol. The fraction of sp³-hybridized carbons (Fsp3) is 0.250. The first-order valence-electron chi connectivity index (χ1n) is 8.85. The molecule has 0 aromatic heterocycles. The summed E-state index contributed by atoms with van der Waals surface area (Å²) < 4.78 is 0. The lowest BCUT2D eigenvalue weighted by Crippen LogP contribution is -1.89. The molecule has 122 valence electrons. The fourth-order valence-electron chi connectivity index (χ4n) is 3.03. The lowest BCUT2D eigenvalue weighted by molar-refractivity contribution is 0.867. The van der Waals surface area contributed by atoms with Crippen LogP contribution in [0, 0.1) is 0 Å². The zero-order chi connectivity index (χ0) is 17.1. The molecule has 0 heteroatoms. The Kier molecular flexibility index (Phi) is 4.85. The summed E-state index contributed by atoms with van der Waals surface area (Å²) >= 11 is 0. The normalized spacial score (nSPS) is 11.2. The van der Waals surface area contributed by atoms with Crippen LogP contribution < -0.4 is 0 Å². The Labute approximate surface area is 146 Å². The fourth-order valence-corrected chi connectivity index (χ4v) is 3.03. The Morgan fingerprint density at radius 1 is 0.458 bits per heavy atom. The van der Waals surface area contributed by atoms with Gasteiger partial charge in [-0.3, -0.25) is 0 Å². The highest BCUT2D eigenvalue weighted by atomic mass is 14.1. The van der Waals surface area contributed by atoms with E-state index < -0.39 is 0 Å². The van der Waals surface area contributed by atoms with Crippen molar-refractivity contribution in [2.24, 2.45) is 0 Å². The highest BCUT2D eigenvalue weighted by Gasteiger charge is 2.06. The summed E-state index contributed by atoms with van der Waals surface area (Å²) in [5, 5.41) is 0.